The van der Waals surface area contributed by atoms with Crippen LogP contribution in [0.15, 0.2) is 24.3 Å². The van der Waals surface area contributed by atoms with Crippen molar-refractivity contribution in [3.63, 3.8) is 0 Å². The van der Waals surface area contributed by atoms with Crippen molar-refractivity contribution in [2.45, 2.75) is 50.3 Å². The van der Waals surface area contributed by atoms with Crippen LogP contribution in [0.3, 0.4) is 0 Å². The van der Waals surface area contributed by atoms with Gasteiger partial charge >= 0.3 is 0 Å². The van der Waals surface area contributed by atoms with Crippen molar-refractivity contribution in [1.82, 2.24) is 0 Å². The molecule has 0 saturated carbocycles. The lowest BCUT2D eigenvalue weighted by atomic mass is 9.97. The normalized spacial score (nSPS) is 35.3. The third-order valence-electron chi connectivity index (χ3n) is 4.26. The lowest BCUT2D eigenvalue weighted by Crippen LogP contribution is -2.63. The number of hydrogen-bond donors (Lipinski definition) is 2. The van der Waals surface area contributed by atoms with E-state index in [1.807, 2.05) is 24.3 Å². The molecule has 0 radical (unpaired) electrons. The Morgan fingerprint density at radius 1 is 1.17 bits per heavy atom. The topological polar surface area (TPSA) is 86.6 Å². The van der Waals surface area contributed by atoms with Gasteiger partial charge in [0.15, 0.2) is 5.79 Å². The van der Waals surface area contributed by atoms with E-state index in [9.17, 15) is 10.2 Å². The number of methoxy groups -OCH3 is 1. The highest BCUT2D eigenvalue weighted by molar-refractivity contribution is 5.26. The zero-order valence-electron chi connectivity index (χ0n) is 14.1. The van der Waals surface area contributed by atoms with Crippen LogP contribution in [0.4, 0.5) is 0 Å². The van der Waals surface area contributed by atoms with E-state index in [1.54, 1.807) is 21.0 Å². The molecule has 3 rings (SSSR count). The van der Waals surface area contributed by atoms with Crippen LogP contribution in [0.1, 0.15) is 19.4 Å². The fraction of sp³-hybridized carbons (Fsp3) is 0.647. The first-order chi connectivity index (χ1) is 11.4. The van der Waals surface area contributed by atoms with Crippen molar-refractivity contribution in [3.05, 3.63) is 29.8 Å². The maximum atomic E-state index is 10.4. The van der Waals surface area contributed by atoms with Crippen LogP contribution in [0, 0.1) is 0 Å². The van der Waals surface area contributed by atoms with E-state index in [0.717, 1.165) is 11.3 Å². The van der Waals surface area contributed by atoms with Gasteiger partial charge < -0.3 is 33.9 Å². The van der Waals surface area contributed by atoms with Crippen molar-refractivity contribution in [3.8, 4) is 5.75 Å². The molecule has 24 heavy (non-hydrogen) atoms. The standard InChI is InChI=1S/C17H24O7/c1-16(2)23-10-17(24-16)15(14(19)13(18)9-22-17)21-8-11-4-6-12(20-3)7-5-11/h4-7,13-15,18-19H,8-10H2,1-3H3/t13-,14-,15+,17+/m1/s1. The largest absolute Gasteiger partial charge is 0.497 e. The predicted octanol–water partition coefficient (Wildman–Crippen LogP) is 0.812. The molecule has 0 amide bonds. The molecular weight excluding hydrogens is 316 g/mol. The lowest BCUT2D eigenvalue weighted by Gasteiger charge is -2.44. The molecule has 0 bridgehead atoms. The van der Waals surface area contributed by atoms with Crippen molar-refractivity contribution < 1.29 is 33.9 Å². The summed E-state index contributed by atoms with van der Waals surface area (Å²) in [7, 11) is 1.60. The second-order valence-electron chi connectivity index (χ2n) is 6.55. The van der Waals surface area contributed by atoms with Crippen LogP contribution < -0.4 is 4.74 Å². The predicted molar refractivity (Wildman–Crippen MR) is 83.4 cm³/mol. The minimum Gasteiger partial charge on any atom is -0.497 e. The average Bonchev–Trinajstić information content (AvgIpc) is 2.88. The Bertz CT molecular complexity index is 559. The van der Waals surface area contributed by atoms with Crippen LogP contribution in [0.5, 0.6) is 5.75 Å². The van der Waals surface area contributed by atoms with Gasteiger partial charge in [0.1, 0.15) is 30.7 Å². The van der Waals surface area contributed by atoms with E-state index in [2.05, 4.69) is 0 Å². The summed E-state index contributed by atoms with van der Waals surface area (Å²) in [5, 5.41) is 20.3. The Labute approximate surface area is 141 Å². The van der Waals surface area contributed by atoms with Gasteiger partial charge in [-0.05, 0) is 31.5 Å². The van der Waals surface area contributed by atoms with E-state index in [-0.39, 0.29) is 19.8 Å². The number of ether oxygens (including phenoxy) is 5. The molecule has 4 atom stereocenters. The lowest BCUT2D eigenvalue weighted by molar-refractivity contribution is -0.347. The summed E-state index contributed by atoms with van der Waals surface area (Å²) in [6.07, 6.45) is -3.04. The van der Waals surface area contributed by atoms with Crippen molar-refractivity contribution in [1.29, 1.82) is 0 Å². The van der Waals surface area contributed by atoms with Crippen molar-refractivity contribution in [2.24, 2.45) is 0 Å². The van der Waals surface area contributed by atoms with Gasteiger partial charge in [0.05, 0.1) is 20.3 Å². The summed E-state index contributed by atoms with van der Waals surface area (Å²) in [5.74, 6) is -1.32. The highest BCUT2D eigenvalue weighted by atomic mass is 16.8. The first kappa shape index (κ1) is 17.6. The van der Waals surface area contributed by atoms with Crippen LogP contribution in [0.2, 0.25) is 0 Å². The van der Waals surface area contributed by atoms with Gasteiger partial charge in [0, 0.05) is 0 Å². The molecule has 0 aromatic heterocycles. The zero-order valence-corrected chi connectivity index (χ0v) is 14.1. The van der Waals surface area contributed by atoms with Gasteiger partial charge in [-0.3, -0.25) is 0 Å². The molecule has 2 N–H and O–H groups in total. The summed E-state index contributed by atoms with van der Waals surface area (Å²) in [6, 6.07) is 7.40. The molecular formula is C17H24O7. The van der Waals surface area contributed by atoms with E-state index in [1.165, 1.54) is 0 Å². The third kappa shape index (κ3) is 3.42. The summed E-state index contributed by atoms with van der Waals surface area (Å²) in [4.78, 5) is 0. The molecule has 134 valence electrons. The molecule has 2 aliphatic heterocycles. The van der Waals surface area contributed by atoms with Crippen LogP contribution in [-0.4, -0.2) is 60.4 Å². The van der Waals surface area contributed by atoms with E-state index < -0.39 is 29.9 Å². The minimum atomic E-state index is -1.23. The number of rotatable bonds is 4. The highest BCUT2D eigenvalue weighted by Gasteiger charge is 2.58. The first-order valence-electron chi connectivity index (χ1n) is 7.94. The Balaban J connectivity index is 1.73. The molecule has 1 aromatic carbocycles. The van der Waals surface area contributed by atoms with Gasteiger partial charge in [-0.2, -0.15) is 0 Å². The highest BCUT2D eigenvalue weighted by Crippen LogP contribution is 2.40. The second kappa shape index (κ2) is 6.59. The zero-order chi connectivity index (χ0) is 17.4. The molecule has 1 aromatic rings. The van der Waals surface area contributed by atoms with E-state index >= 15 is 0 Å². The molecule has 1 spiro atoms. The van der Waals surface area contributed by atoms with Crippen LogP contribution in [-0.2, 0) is 25.6 Å². The SMILES string of the molecule is COc1ccc(CO[C@H]2[C@H](O)[C@H](O)CO[C@]23COC(C)(C)O3)cc1. The Hall–Kier alpha value is -1.22. The second-order valence-corrected chi connectivity index (χ2v) is 6.55. The van der Waals surface area contributed by atoms with Gasteiger partial charge in [-0.25, -0.2) is 0 Å². The fourth-order valence-corrected chi connectivity index (χ4v) is 2.96. The molecule has 0 aliphatic carbocycles. The smallest absolute Gasteiger partial charge is 0.224 e. The Morgan fingerprint density at radius 2 is 1.88 bits per heavy atom. The maximum Gasteiger partial charge on any atom is 0.224 e. The number of aliphatic hydroxyl groups is 2. The summed E-state index contributed by atoms with van der Waals surface area (Å²) >= 11 is 0. The molecule has 2 aliphatic rings. The molecule has 0 unspecified atom stereocenters. The summed E-state index contributed by atoms with van der Waals surface area (Å²) in [6.45, 7) is 3.85. The number of aliphatic hydroxyl groups excluding tert-OH is 2. The molecule has 7 nitrogen and oxygen atoms in total. The number of hydrogen-bond acceptors (Lipinski definition) is 7. The third-order valence-corrected chi connectivity index (χ3v) is 4.26. The van der Waals surface area contributed by atoms with E-state index in [4.69, 9.17) is 23.7 Å². The molecule has 7 heteroatoms. The van der Waals surface area contributed by atoms with Gasteiger partial charge in [0.25, 0.3) is 0 Å². The van der Waals surface area contributed by atoms with Crippen LogP contribution in [0.25, 0.3) is 0 Å². The van der Waals surface area contributed by atoms with Gasteiger partial charge in [0.2, 0.25) is 5.79 Å². The van der Waals surface area contributed by atoms with Crippen LogP contribution >= 0.6 is 0 Å². The molecule has 2 heterocycles. The monoisotopic (exact) mass is 340 g/mol. The maximum absolute atomic E-state index is 10.4. The quantitative estimate of drug-likeness (QED) is 0.839. The van der Waals surface area contributed by atoms with Gasteiger partial charge in [-0.1, -0.05) is 12.1 Å². The summed E-state index contributed by atoms with van der Waals surface area (Å²) < 4.78 is 28.1. The molecule has 2 saturated heterocycles. The van der Waals surface area contributed by atoms with E-state index in [0.29, 0.717) is 0 Å². The number of benzene rings is 1. The van der Waals surface area contributed by atoms with Crippen molar-refractivity contribution in [2.75, 3.05) is 20.3 Å². The van der Waals surface area contributed by atoms with Crippen molar-refractivity contribution >= 4 is 0 Å². The Morgan fingerprint density at radius 3 is 2.46 bits per heavy atom. The first-order valence-corrected chi connectivity index (χ1v) is 7.94. The molecule has 2 fully saturated rings. The fourth-order valence-electron chi connectivity index (χ4n) is 2.96. The average molecular weight is 340 g/mol. The summed E-state index contributed by atoms with van der Waals surface area (Å²) in [5.41, 5.74) is 0.899. The Kier molecular flexibility index (Phi) is 4.83. The minimum absolute atomic E-state index is 0.0387. The van der Waals surface area contributed by atoms with Gasteiger partial charge in [-0.15, -0.1) is 0 Å².